The highest BCUT2D eigenvalue weighted by molar-refractivity contribution is 5.95. The molecule has 3 N–H and O–H groups in total. The summed E-state index contributed by atoms with van der Waals surface area (Å²) in [5, 5.41) is 2.94. The lowest BCUT2D eigenvalue weighted by atomic mass is 9.90. The normalized spacial score (nSPS) is 11.2. The van der Waals surface area contributed by atoms with Gasteiger partial charge in [-0.1, -0.05) is 20.8 Å². The third-order valence-corrected chi connectivity index (χ3v) is 3.19. The van der Waals surface area contributed by atoms with Gasteiger partial charge in [0.2, 0.25) is 0 Å². The third-order valence-electron chi connectivity index (χ3n) is 3.19. The molecule has 0 heterocycles. The average molecular weight is 264 g/mol. The van der Waals surface area contributed by atoms with E-state index in [0.29, 0.717) is 30.2 Å². The molecule has 0 aliphatic carbocycles. The van der Waals surface area contributed by atoms with Crippen LogP contribution in [0.3, 0.4) is 0 Å². The van der Waals surface area contributed by atoms with Crippen LogP contribution in [0.4, 0.5) is 5.69 Å². The van der Waals surface area contributed by atoms with Crippen LogP contribution in [-0.2, 0) is 0 Å². The predicted molar refractivity (Wildman–Crippen MR) is 78.4 cm³/mol. The Morgan fingerprint density at radius 2 is 2.00 bits per heavy atom. The van der Waals surface area contributed by atoms with Crippen LogP contribution >= 0.6 is 0 Å². The molecular formula is C15H24N2O2. The zero-order chi connectivity index (χ0) is 14.5. The summed E-state index contributed by atoms with van der Waals surface area (Å²) in [6.07, 6.45) is 1.01. The maximum Gasteiger partial charge on any atom is 0.251 e. The third kappa shape index (κ3) is 4.81. The Bertz CT molecular complexity index is 442. The highest BCUT2D eigenvalue weighted by Crippen LogP contribution is 2.20. The van der Waals surface area contributed by atoms with Crippen LogP contribution in [0.2, 0.25) is 0 Å². The number of hydrogen-bond donors (Lipinski definition) is 2. The van der Waals surface area contributed by atoms with Crippen molar-refractivity contribution in [3.63, 3.8) is 0 Å². The first kappa shape index (κ1) is 15.3. The van der Waals surface area contributed by atoms with Crippen LogP contribution < -0.4 is 15.8 Å². The van der Waals surface area contributed by atoms with Gasteiger partial charge in [-0.2, -0.15) is 0 Å². The average Bonchev–Trinajstić information content (AvgIpc) is 2.36. The van der Waals surface area contributed by atoms with Crippen molar-refractivity contribution in [2.24, 2.45) is 5.41 Å². The fourth-order valence-electron chi connectivity index (χ4n) is 1.55. The van der Waals surface area contributed by atoms with Crippen molar-refractivity contribution in [3.05, 3.63) is 23.8 Å². The summed E-state index contributed by atoms with van der Waals surface area (Å²) >= 11 is 0. The molecule has 4 heteroatoms. The molecule has 0 aromatic heterocycles. The summed E-state index contributed by atoms with van der Waals surface area (Å²) in [6.45, 7) is 9.44. The molecule has 106 valence electrons. The van der Waals surface area contributed by atoms with Crippen LogP contribution in [0.15, 0.2) is 18.2 Å². The SMILES string of the molecule is CCOc1cc(N)cc(C(=O)NCC(C)(C)CC)c1. The van der Waals surface area contributed by atoms with E-state index in [4.69, 9.17) is 10.5 Å². The van der Waals surface area contributed by atoms with E-state index in [1.165, 1.54) is 0 Å². The molecule has 4 nitrogen and oxygen atoms in total. The number of nitrogen functional groups attached to an aromatic ring is 1. The van der Waals surface area contributed by atoms with Crippen LogP contribution in [0.1, 0.15) is 44.5 Å². The first-order valence-electron chi connectivity index (χ1n) is 6.69. The molecule has 0 radical (unpaired) electrons. The lowest BCUT2D eigenvalue weighted by molar-refractivity contribution is 0.0935. The van der Waals surface area contributed by atoms with Crippen molar-refractivity contribution < 1.29 is 9.53 Å². The summed E-state index contributed by atoms with van der Waals surface area (Å²) in [5.41, 5.74) is 6.94. The molecule has 19 heavy (non-hydrogen) atoms. The molecule has 0 unspecified atom stereocenters. The Morgan fingerprint density at radius 3 is 2.58 bits per heavy atom. The number of nitrogens with two attached hydrogens (primary N) is 1. The van der Waals surface area contributed by atoms with Crippen molar-refractivity contribution in [2.75, 3.05) is 18.9 Å². The summed E-state index contributed by atoms with van der Waals surface area (Å²) in [4.78, 5) is 12.1. The van der Waals surface area contributed by atoms with Gasteiger partial charge in [-0.15, -0.1) is 0 Å². The minimum absolute atomic E-state index is 0.0960. The summed E-state index contributed by atoms with van der Waals surface area (Å²) < 4.78 is 5.38. The topological polar surface area (TPSA) is 64.3 Å². The molecule has 0 aliphatic rings. The van der Waals surface area contributed by atoms with Gasteiger partial charge in [0.15, 0.2) is 0 Å². The second kappa shape index (κ2) is 6.45. The molecular weight excluding hydrogens is 240 g/mol. The number of nitrogens with one attached hydrogen (secondary N) is 1. The molecule has 1 amide bonds. The minimum Gasteiger partial charge on any atom is -0.494 e. The zero-order valence-corrected chi connectivity index (χ0v) is 12.2. The number of benzene rings is 1. The number of rotatable bonds is 6. The molecule has 1 aromatic carbocycles. The van der Waals surface area contributed by atoms with Crippen LogP contribution in [0.25, 0.3) is 0 Å². The Morgan fingerprint density at radius 1 is 1.32 bits per heavy atom. The molecule has 0 aliphatic heterocycles. The molecule has 1 aromatic rings. The zero-order valence-electron chi connectivity index (χ0n) is 12.2. The number of carbonyl (C=O) groups excluding carboxylic acids is 1. The van der Waals surface area contributed by atoms with Crippen LogP contribution in [-0.4, -0.2) is 19.1 Å². The van der Waals surface area contributed by atoms with E-state index in [9.17, 15) is 4.79 Å². The second-order valence-electron chi connectivity index (χ2n) is 5.42. The van der Waals surface area contributed by atoms with Gasteiger partial charge in [-0.3, -0.25) is 4.79 Å². The van der Waals surface area contributed by atoms with Crippen molar-refractivity contribution in [2.45, 2.75) is 34.1 Å². The van der Waals surface area contributed by atoms with Crippen molar-refractivity contribution in [1.29, 1.82) is 0 Å². The van der Waals surface area contributed by atoms with E-state index in [1.54, 1.807) is 18.2 Å². The second-order valence-corrected chi connectivity index (χ2v) is 5.42. The fraction of sp³-hybridized carbons (Fsp3) is 0.533. The van der Waals surface area contributed by atoms with E-state index in [2.05, 4.69) is 26.1 Å². The predicted octanol–water partition coefficient (Wildman–Crippen LogP) is 2.83. The van der Waals surface area contributed by atoms with Gasteiger partial charge in [-0.05, 0) is 30.9 Å². The molecule has 0 fully saturated rings. The van der Waals surface area contributed by atoms with Crippen molar-refractivity contribution in [3.8, 4) is 5.75 Å². The maximum absolute atomic E-state index is 12.1. The quantitative estimate of drug-likeness (QED) is 0.776. The highest BCUT2D eigenvalue weighted by Gasteiger charge is 2.17. The van der Waals surface area contributed by atoms with Crippen LogP contribution in [0.5, 0.6) is 5.75 Å². The van der Waals surface area contributed by atoms with Crippen molar-refractivity contribution in [1.82, 2.24) is 5.32 Å². The number of anilines is 1. The number of hydrogen-bond acceptors (Lipinski definition) is 3. The Hall–Kier alpha value is -1.71. The Labute approximate surface area is 115 Å². The minimum atomic E-state index is -0.116. The van der Waals surface area contributed by atoms with E-state index in [1.807, 2.05) is 6.92 Å². The van der Waals surface area contributed by atoms with E-state index in [-0.39, 0.29) is 11.3 Å². The summed E-state index contributed by atoms with van der Waals surface area (Å²) in [7, 11) is 0. The van der Waals surface area contributed by atoms with E-state index < -0.39 is 0 Å². The molecule has 0 saturated carbocycles. The summed E-state index contributed by atoms with van der Waals surface area (Å²) in [6, 6.07) is 5.10. The molecule has 0 atom stereocenters. The molecule has 0 spiro atoms. The molecule has 0 saturated heterocycles. The van der Waals surface area contributed by atoms with Gasteiger partial charge in [0.05, 0.1) is 6.61 Å². The number of ether oxygens (including phenoxy) is 1. The highest BCUT2D eigenvalue weighted by atomic mass is 16.5. The maximum atomic E-state index is 12.1. The van der Waals surface area contributed by atoms with Gasteiger partial charge in [0, 0.05) is 23.9 Å². The smallest absolute Gasteiger partial charge is 0.251 e. The first-order valence-corrected chi connectivity index (χ1v) is 6.69. The van der Waals surface area contributed by atoms with Gasteiger partial charge in [0.1, 0.15) is 5.75 Å². The van der Waals surface area contributed by atoms with E-state index in [0.717, 1.165) is 6.42 Å². The standard InChI is InChI=1S/C15H24N2O2/c1-5-15(3,4)10-17-14(18)11-7-12(16)9-13(8-11)19-6-2/h7-9H,5-6,10,16H2,1-4H3,(H,17,18). The monoisotopic (exact) mass is 264 g/mol. The molecule has 1 rings (SSSR count). The number of carbonyl (C=O) groups is 1. The Balaban J connectivity index is 2.76. The molecule has 0 bridgehead atoms. The van der Waals surface area contributed by atoms with Crippen molar-refractivity contribution >= 4 is 11.6 Å². The van der Waals surface area contributed by atoms with Gasteiger partial charge < -0.3 is 15.8 Å². The van der Waals surface area contributed by atoms with Crippen LogP contribution in [0, 0.1) is 5.41 Å². The fourth-order valence-corrected chi connectivity index (χ4v) is 1.55. The Kier molecular flexibility index (Phi) is 5.21. The lowest BCUT2D eigenvalue weighted by Gasteiger charge is -2.22. The summed E-state index contributed by atoms with van der Waals surface area (Å²) in [5.74, 6) is 0.511. The van der Waals surface area contributed by atoms with Gasteiger partial charge >= 0.3 is 0 Å². The number of amides is 1. The first-order chi connectivity index (χ1) is 8.88. The lowest BCUT2D eigenvalue weighted by Crippen LogP contribution is -2.33. The largest absolute Gasteiger partial charge is 0.494 e. The van der Waals surface area contributed by atoms with E-state index >= 15 is 0 Å². The van der Waals surface area contributed by atoms with Gasteiger partial charge in [-0.25, -0.2) is 0 Å². The van der Waals surface area contributed by atoms with Gasteiger partial charge in [0.25, 0.3) is 5.91 Å².